The van der Waals surface area contributed by atoms with Gasteiger partial charge in [0.1, 0.15) is 5.75 Å². The van der Waals surface area contributed by atoms with Crippen LogP contribution in [0.25, 0.3) is 11.1 Å². The van der Waals surface area contributed by atoms with Gasteiger partial charge < -0.3 is 19.7 Å². The minimum absolute atomic E-state index is 0.0293. The second-order valence-electron chi connectivity index (χ2n) is 7.33. The van der Waals surface area contributed by atoms with Gasteiger partial charge in [0.15, 0.2) is 6.61 Å². The average Bonchev–Trinajstić information content (AvgIpc) is 2.84. The lowest BCUT2D eigenvalue weighted by Crippen LogP contribution is -2.40. The van der Waals surface area contributed by atoms with Gasteiger partial charge in [-0.05, 0) is 63.5 Å². The first-order valence-corrected chi connectivity index (χ1v) is 11.1. The Morgan fingerprint density at radius 1 is 0.938 bits per heavy atom. The van der Waals surface area contributed by atoms with E-state index in [-0.39, 0.29) is 18.4 Å². The van der Waals surface area contributed by atoms with E-state index in [2.05, 4.69) is 21.2 Å². The molecule has 0 radical (unpaired) electrons. The van der Waals surface area contributed by atoms with Gasteiger partial charge in [-0.25, -0.2) is 0 Å². The van der Waals surface area contributed by atoms with Crippen LogP contribution in [-0.2, 0) is 9.53 Å². The monoisotopic (exact) mass is 494 g/mol. The molecule has 6 nitrogen and oxygen atoms in total. The Labute approximate surface area is 195 Å². The largest absolute Gasteiger partial charge is 0.483 e. The van der Waals surface area contributed by atoms with Gasteiger partial charge in [-0.3, -0.25) is 9.59 Å². The maximum atomic E-state index is 12.5. The summed E-state index contributed by atoms with van der Waals surface area (Å²) in [6, 6.07) is 22.7. The van der Waals surface area contributed by atoms with Crippen LogP contribution in [0.3, 0.4) is 0 Å². The van der Waals surface area contributed by atoms with E-state index < -0.39 is 0 Å². The summed E-state index contributed by atoms with van der Waals surface area (Å²) in [6.45, 7) is 2.18. The summed E-state index contributed by atoms with van der Waals surface area (Å²) in [6.07, 6.45) is 0. The van der Waals surface area contributed by atoms with Gasteiger partial charge in [-0.15, -0.1) is 0 Å². The number of amides is 2. The van der Waals surface area contributed by atoms with Crippen LogP contribution in [0, 0.1) is 0 Å². The van der Waals surface area contributed by atoms with Crippen LogP contribution in [0.4, 0.5) is 5.69 Å². The molecule has 0 spiro atoms. The van der Waals surface area contributed by atoms with Gasteiger partial charge in [0.2, 0.25) is 0 Å². The highest BCUT2D eigenvalue weighted by atomic mass is 79.9. The number of hydrogen-bond acceptors (Lipinski definition) is 4. The maximum Gasteiger partial charge on any atom is 0.262 e. The summed E-state index contributed by atoms with van der Waals surface area (Å²) >= 11 is 3.52. The van der Waals surface area contributed by atoms with Crippen molar-refractivity contribution in [2.75, 3.05) is 38.2 Å². The van der Waals surface area contributed by atoms with E-state index in [0.717, 1.165) is 15.6 Å². The fourth-order valence-corrected chi connectivity index (χ4v) is 3.91. The molecule has 1 heterocycles. The van der Waals surface area contributed by atoms with Crippen LogP contribution >= 0.6 is 15.9 Å². The highest BCUT2D eigenvalue weighted by molar-refractivity contribution is 9.10. The molecule has 0 unspecified atom stereocenters. The third-order valence-electron chi connectivity index (χ3n) is 5.11. The van der Waals surface area contributed by atoms with Gasteiger partial charge in [-0.1, -0.05) is 36.4 Å². The third kappa shape index (κ3) is 5.55. The predicted octanol–water partition coefficient (Wildman–Crippen LogP) is 4.61. The fourth-order valence-electron chi connectivity index (χ4n) is 3.41. The maximum absolute atomic E-state index is 12.5. The first-order chi connectivity index (χ1) is 15.6. The molecule has 7 heteroatoms. The van der Waals surface area contributed by atoms with Crippen LogP contribution < -0.4 is 10.1 Å². The zero-order valence-corrected chi connectivity index (χ0v) is 19.0. The minimum Gasteiger partial charge on any atom is -0.483 e. The molecular weight excluding hydrogens is 472 g/mol. The molecule has 1 aliphatic heterocycles. The van der Waals surface area contributed by atoms with Gasteiger partial charge in [0.05, 0.1) is 17.7 Å². The molecule has 0 atom stereocenters. The predicted molar refractivity (Wildman–Crippen MR) is 127 cm³/mol. The van der Waals surface area contributed by atoms with Crippen molar-refractivity contribution in [3.63, 3.8) is 0 Å². The molecule has 3 aromatic rings. The van der Waals surface area contributed by atoms with Crippen molar-refractivity contribution >= 4 is 33.4 Å². The fraction of sp³-hybridized carbons (Fsp3) is 0.200. The number of hydrogen-bond donors (Lipinski definition) is 1. The first kappa shape index (κ1) is 22.0. The second-order valence-corrected chi connectivity index (χ2v) is 8.18. The van der Waals surface area contributed by atoms with Gasteiger partial charge in [0.25, 0.3) is 11.8 Å². The number of nitrogens with one attached hydrogen (secondary N) is 1. The number of nitrogens with zero attached hydrogens (tertiary/aromatic N) is 1. The van der Waals surface area contributed by atoms with E-state index >= 15 is 0 Å². The van der Waals surface area contributed by atoms with Crippen LogP contribution in [-0.4, -0.2) is 49.6 Å². The molecule has 2 amide bonds. The number of benzene rings is 3. The van der Waals surface area contributed by atoms with E-state index in [0.29, 0.717) is 43.3 Å². The molecule has 4 rings (SSSR count). The molecule has 1 N–H and O–H groups in total. The number of morpholine rings is 1. The van der Waals surface area contributed by atoms with E-state index in [1.165, 1.54) is 0 Å². The second kappa shape index (κ2) is 10.4. The van der Waals surface area contributed by atoms with Gasteiger partial charge >= 0.3 is 0 Å². The normalized spacial score (nSPS) is 13.5. The molecular formula is C25H23BrN2O4. The minimum atomic E-state index is -0.281. The van der Waals surface area contributed by atoms with E-state index in [9.17, 15) is 9.59 Å². The summed E-state index contributed by atoms with van der Waals surface area (Å²) < 4.78 is 11.7. The summed E-state index contributed by atoms with van der Waals surface area (Å²) in [5.74, 6) is 0.279. The van der Waals surface area contributed by atoms with Crippen LogP contribution in [0.5, 0.6) is 5.75 Å². The Morgan fingerprint density at radius 2 is 1.66 bits per heavy atom. The topological polar surface area (TPSA) is 67.9 Å². The van der Waals surface area contributed by atoms with Gasteiger partial charge in [0, 0.05) is 24.3 Å². The molecule has 0 aliphatic carbocycles. The lowest BCUT2D eigenvalue weighted by atomic mass is 10.1. The highest BCUT2D eigenvalue weighted by Gasteiger charge is 2.18. The number of ether oxygens (including phenoxy) is 2. The lowest BCUT2D eigenvalue weighted by molar-refractivity contribution is -0.118. The molecule has 0 saturated carbocycles. The van der Waals surface area contributed by atoms with Crippen molar-refractivity contribution in [3.8, 4) is 16.9 Å². The summed E-state index contributed by atoms with van der Waals surface area (Å²) in [4.78, 5) is 26.6. The van der Waals surface area contributed by atoms with Crippen LogP contribution in [0.1, 0.15) is 10.4 Å². The Balaban J connectivity index is 1.30. The molecule has 1 aliphatic rings. The summed E-state index contributed by atoms with van der Waals surface area (Å²) in [5, 5.41) is 2.79. The molecule has 3 aromatic carbocycles. The third-order valence-corrected chi connectivity index (χ3v) is 5.73. The van der Waals surface area contributed by atoms with Crippen molar-refractivity contribution in [2.24, 2.45) is 0 Å². The highest BCUT2D eigenvalue weighted by Crippen LogP contribution is 2.30. The zero-order chi connectivity index (χ0) is 22.3. The molecule has 0 aromatic heterocycles. The van der Waals surface area contributed by atoms with E-state index in [1.54, 1.807) is 29.2 Å². The summed E-state index contributed by atoms with van der Waals surface area (Å²) in [5.41, 5.74) is 3.35. The standard InChI is InChI=1S/C25H23BrN2O4/c26-22-16-20(18-4-2-1-3-5-18)8-11-23(22)32-17-24(29)27-21-9-6-19(7-10-21)25(30)28-12-14-31-15-13-28/h1-11,16H,12-15,17H2,(H,27,29). The quantitative estimate of drug-likeness (QED) is 0.543. The zero-order valence-electron chi connectivity index (χ0n) is 17.4. The van der Waals surface area contributed by atoms with Gasteiger partial charge in [-0.2, -0.15) is 0 Å². The van der Waals surface area contributed by atoms with Crippen LogP contribution in [0.15, 0.2) is 77.3 Å². The molecule has 32 heavy (non-hydrogen) atoms. The molecule has 164 valence electrons. The van der Waals surface area contributed by atoms with Crippen LogP contribution in [0.2, 0.25) is 0 Å². The Bertz CT molecular complexity index is 1080. The van der Waals surface area contributed by atoms with Crippen molar-refractivity contribution in [1.82, 2.24) is 4.90 Å². The Kier molecular flexibility index (Phi) is 7.19. The number of carbonyl (C=O) groups is 2. The first-order valence-electron chi connectivity index (χ1n) is 10.3. The van der Waals surface area contributed by atoms with E-state index in [1.807, 2.05) is 48.5 Å². The van der Waals surface area contributed by atoms with E-state index in [4.69, 9.17) is 9.47 Å². The van der Waals surface area contributed by atoms with Crippen molar-refractivity contribution in [3.05, 3.63) is 82.8 Å². The van der Waals surface area contributed by atoms with Crippen molar-refractivity contribution in [2.45, 2.75) is 0 Å². The SMILES string of the molecule is O=C(COc1ccc(-c2ccccc2)cc1Br)Nc1ccc(C(=O)N2CCOCC2)cc1. The number of rotatable bonds is 6. The molecule has 1 fully saturated rings. The average molecular weight is 495 g/mol. The molecule has 0 bridgehead atoms. The number of halogens is 1. The number of anilines is 1. The van der Waals surface area contributed by atoms with Crippen molar-refractivity contribution in [1.29, 1.82) is 0 Å². The Morgan fingerprint density at radius 3 is 2.34 bits per heavy atom. The molecule has 1 saturated heterocycles. The lowest BCUT2D eigenvalue weighted by Gasteiger charge is -2.26. The summed E-state index contributed by atoms with van der Waals surface area (Å²) in [7, 11) is 0. The number of carbonyl (C=O) groups excluding carboxylic acids is 2. The Hall–Kier alpha value is -3.16. The smallest absolute Gasteiger partial charge is 0.262 e. The van der Waals surface area contributed by atoms with Crippen molar-refractivity contribution < 1.29 is 19.1 Å².